The van der Waals surface area contributed by atoms with Crippen molar-refractivity contribution >= 4 is 0 Å². The van der Waals surface area contributed by atoms with E-state index in [-0.39, 0.29) is 5.56 Å². The summed E-state index contributed by atoms with van der Waals surface area (Å²) in [6, 6.07) is 0.846. The Balaban J connectivity index is 3.24. The van der Waals surface area contributed by atoms with Gasteiger partial charge in [-0.15, -0.1) is 6.42 Å². The summed E-state index contributed by atoms with van der Waals surface area (Å²) in [4.78, 5) is 0. The second-order valence-electron chi connectivity index (χ2n) is 2.53. The highest BCUT2D eigenvalue weighted by atomic mass is 19.2. The molecule has 1 aromatic carbocycles. The van der Waals surface area contributed by atoms with Crippen molar-refractivity contribution in [3.8, 4) is 12.3 Å². The van der Waals surface area contributed by atoms with E-state index in [9.17, 15) is 13.2 Å². The van der Waals surface area contributed by atoms with E-state index in [2.05, 4.69) is 11.3 Å². The van der Waals surface area contributed by atoms with Crippen LogP contribution in [0.3, 0.4) is 0 Å². The number of nitrogens with one attached hydrogen (secondary N) is 1. The molecule has 0 heterocycles. The molecule has 1 aromatic rings. The monoisotopic (exact) mass is 200 g/mol. The Labute approximate surface area is 78.9 Å². The predicted octanol–water partition coefficient (Wildman–Crippen LogP) is 1.24. The van der Waals surface area contributed by atoms with Crippen LogP contribution in [0.25, 0.3) is 0 Å². The van der Waals surface area contributed by atoms with Crippen molar-refractivity contribution in [1.82, 2.24) is 5.43 Å². The van der Waals surface area contributed by atoms with E-state index in [0.29, 0.717) is 0 Å². The van der Waals surface area contributed by atoms with Gasteiger partial charge in [-0.1, -0.05) is 12.0 Å². The maximum absolute atomic E-state index is 13.1. The molecule has 14 heavy (non-hydrogen) atoms. The summed E-state index contributed by atoms with van der Waals surface area (Å²) in [6.07, 6.45) is 5.00. The first kappa shape index (κ1) is 10.6. The molecule has 74 valence electrons. The Morgan fingerprint density at radius 3 is 2.43 bits per heavy atom. The molecule has 0 bridgehead atoms. The molecule has 0 amide bonds. The van der Waals surface area contributed by atoms with Gasteiger partial charge in [-0.25, -0.2) is 18.6 Å². The van der Waals surface area contributed by atoms with Crippen molar-refractivity contribution in [1.29, 1.82) is 0 Å². The third kappa shape index (κ3) is 1.71. The molecule has 5 heteroatoms. The van der Waals surface area contributed by atoms with Crippen LogP contribution in [0.1, 0.15) is 11.6 Å². The second kappa shape index (κ2) is 4.13. The normalized spacial score (nSPS) is 12.2. The van der Waals surface area contributed by atoms with Crippen LogP contribution >= 0.6 is 0 Å². The Kier molecular flexibility index (Phi) is 3.12. The van der Waals surface area contributed by atoms with Crippen molar-refractivity contribution in [3.63, 3.8) is 0 Å². The van der Waals surface area contributed by atoms with Gasteiger partial charge >= 0.3 is 0 Å². The number of halogens is 3. The molecule has 1 rings (SSSR count). The Morgan fingerprint density at radius 2 is 1.93 bits per heavy atom. The van der Waals surface area contributed by atoms with E-state index >= 15 is 0 Å². The quantitative estimate of drug-likeness (QED) is 0.326. The molecule has 0 aliphatic rings. The standard InChI is InChI=1S/C9H7F3N2/c1-2-7(14-13)5-3-4-6(10)9(12)8(5)11/h1,3-4,7,14H,13H2. The van der Waals surface area contributed by atoms with Gasteiger partial charge in [0.15, 0.2) is 17.5 Å². The van der Waals surface area contributed by atoms with Crippen LogP contribution in [-0.4, -0.2) is 0 Å². The van der Waals surface area contributed by atoms with Crippen molar-refractivity contribution in [2.45, 2.75) is 6.04 Å². The number of hydrogen-bond acceptors (Lipinski definition) is 2. The fourth-order valence-corrected chi connectivity index (χ4v) is 0.991. The Morgan fingerprint density at radius 1 is 1.29 bits per heavy atom. The first-order valence-electron chi connectivity index (χ1n) is 3.67. The molecule has 0 spiro atoms. The lowest BCUT2D eigenvalue weighted by Crippen LogP contribution is -2.27. The minimum absolute atomic E-state index is 0.200. The SMILES string of the molecule is C#CC(NN)c1ccc(F)c(F)c1F. The summed E-state index contributed by atoms with van der Waals surface area (Å²) >= 11 is 0. The summed E-state index contributed by atoms with van der Waals surface area (Å²) in [7, 11) is 0. The van der Waals surface area contributed by atoms with Gasteiger partial charge in [0.1, 0.15) is 6.04 Å². The number of benzene rings is 1. The van der Waals surface area contributed by atoms with Crippen LogP contribution < -0.4 is 11.3 Å². The zero-order valence-electron chi connectivity index (χ0n) is 7.02. The van der Waals surface area contributed by atoms with Crippen LogP contribution in [0.15, 0.2) is 12.1 Å². The smallest absolute Gasteiger partial charge is 0.194 e. The van der Waals surface area contributed by atoms with Crippen LogP contribution in [-0.2, 0) is 0 Å². The van der Waals surface area contributed by atoms with E-state index in [1.54, 1.807) is 0 Å². The molecule has 2 nitrogen and oxygen atoms in total. The topological polar surface area (TPSA) is 38.0 Å². The first-order valence-corrected chi connectivity index (χ1v) is 3.67. The van der Waals surface area contributed by atoms with Gasteiger partial charge in [0, 0.05) is 5.56 Å². The maximum atomic E-state index is 13.1. The molecule has 0 fully saturated rings. The van der Waals surface area contributed by atoms with Crippen molar-refractivity contribution < 1.29 is 13.2 Å². The lowest BCUT2D eigenvalue weighted by atomic mass is 10.1. The number of hydrazine groups is 1. The van der Waals surface area contributed by atoms with Crippen molar-refractivity contribution in [3.05, 3.63) is 35.1 Å². The van der Waals surface area contributed by atoms with E-state index in [1.807, 2.05) is 0 Å². The number of hydrogen-bond donors (Lipinski definition) is 2. The molecule has 0 saturated carbocycles. The van der Waals surface area contributed by atoms with Crippen molar-refractivity contribution in [2.75, 3.05) is 0 Å². The number of nitrogens with two attached hydrogens (primary N) is 1. The summed E-state index contributed by atoms with van der Waals surface area (Å²) in [5, 5.41) is 0. The van der Waals surface area contributed by atoms with Gasteiger partial charge in [-0.3, -0.25) is 5.84 Å². The highest BCUT2D eigenvalue weighted by Crippen LogP contribution is 2.20. The van der Waals surface area contributed by atoms with E-state index in [0.717, 1.165) is 12.1 Å². The average Bonchev–Trinajstić information content (AvgIpc) is 2.19. The van der Waals surface area contributed by atoms with Gasteiger partial charge in [-0.05, 0) is 6.07 Å². The highest BCUT2D eigenvalue weighted by molar-refractivity contribution is 5.28. The molecule has 1 atom stereocenters. The molecular formula is C9H7F3N2. The lowest BCUT2D eigenvalue weighted by Gasteiger charge is -2.10. The minimum atomic E-state index is -1.56. The van der Waals surface area contributed by atoms with Gasteiger partial charge in [0.25, 0.3) is 0 Å². The molecule has 3 N–H and O–H groups in total. The average molecular weight is 200 g/mol. The zero-order valence-corrected chi connectivity index (χ0v) is 7.02. The predicted molar refractivity (Wildman–Crippen MR) is 45.2 cm³/mol. The van der Waals surface area contributed by atoms with Crippen LogP contribution in [0.5, 0.6) is 0 Å². The van der Waals surface area contributed by atoms with Crippen molar-refractivity contribution in [2.24, 2.45) is 5.84 Å². The molecule has 0 saturated heterocycles. The van der Waals surface area contributed by atoms with E-state index < -0.39 is 23.5 Å². The largest absolute Gasteiger partial charge is 0.270 e. The summed E-state index contributed by atoms with van der Waals surface area (Å²) in [6.45, 7) is 0. The Hall–Kier alpha value is -1.51. The molecule has 0 radical (unpaired) electrons. The first-order chi connectivity index (χ1) is 6.61. The highest BCUT2D eigenvalue weighted by Gasteiger charge is 2.18. The van der Waals surface area contributed by atoms with E-state index in [4.69, 9.17) is 12.3 Å². The molecule has 0 aliphatic carbocycles. The molecular weight excluding hydrogens is 193 g/mol. The zero-order chi connectivity index (χ0) is 10.7. The van der Waals surface area contributed by atoms with Crippen LogP contribution in [0.4, 0.5) is 13.2 Å². The van der Waals surface area contributed by atoms with Gasteiger partial charge in [-0.2, -0.15) is 0 Å². The fourth-order valence-electron chi connectivity index (χ4n) is 0.991. The molecule has 0 aromatic heterocycles. The summed E-state index contributed by atoms with van der Waals surface area (Å²) in [5.74, 6) is 2.94. The van der Waals surface area contributed by atoms with E-state index in [1.165, 1.54) is 0 Å². The van der Waals surface area contributed by atoms with Crippen LogP contribution in [0, 0.1) is 29.8 Å². The van der Waals surface area contributed by atoms with Gasteiger partial charge in [0.05, 0.1) is 0 Å². The van der Waals surface area contributed by atoms with Crippen LogP contribution in [0.2, 0.25) is 0 Å². The summed E-state index contributed by atoms with van der Waals surface area (Å²) in [5.41, 5.74) is 1.89. The van der Waals surface area contributed by atoms with Gasteiger partial charge in [0.2, 0.25) is 0 Å². The summed E-state index contributed by atoms with van der Waals surface area (Å²) < 4.78 is 38.3. The Bertz CT molecular complexity index is 384. The molecule has 0 aliphatic heterocycles. The third-order valence-corrected chi connectivity index (χ3v) is 1.71. The fraction of sp³-hybridized carbons (Fsp3) is 0.111. The molecule has 1 unspecified atom stereocenters. The lowest BCUT2D eigenvalue weighted by molar-refractivity contribution is 0.435. The second-order valence-corrected chi connectivity index (χ2v) is 2.53. The third-order valence-electron chi connectivity index (χ3n) is 1.71. The number of terminal acetylenes is 1. The van der Waals surface area contributed by atoms with Gasteiger partial charge < -0.3 is 0 Å². The minimum Gasteiger partial charge on any atom is -0.270 e. The maximum Gasteiger partial charge on any atom is 0.194 e. The number of rotatable bonds is 2.